The van der Waals surface area contributed by atoms with Gasteiger partial charge in [-0.05, 0) is 68.2 Å². The first kappa shape index (κ1) is 17.1. The highest BCUT2D eigenvalue weighted by Crippen LogP contribution is 2.39. The third-order valence-corrected chi connectivity index (χ3v) is 5.98. The maximum atomic E-state index is 13.0. The van der Waals surface area contributed by atoms with Crippen molar-refractivity contribution in [1.29, 1.82) is 0 Å². The lowest BCUT2D eigenvalue weighted by atomic mass is 9.76. The molecule has 0 amide bonds. The van der Waals surface area contributed by atoms with Crippen molar-refractivity contribution < 1.29 is 9.59 Å². The highest BCUT2D eigenvalue weighted by atomic mass is 16.2. The standard InChI is InChI=1S/C22H28O2/c1-13-9-15(3)20(16(4)10-13)21-19(23)12-18(22(21)24)11-17-8-6-5-7-14(17)2/h9-10,12,14,17,21H,5-8,11H2,1-4H3. The van der Waals surface area contributed by atoms with Crippen LogP contribution in [-0.4, -0.2) is 11.6 Å². The Hall–Kier alpha value is -1.70. The van der Waals surface area contributed by atoms with E-state index in [0.29, 0.717) is 11.8 Å². The van der Waals surface area contributed by atoms with Gasteiger partial charge in [-0.1, -0.05) is 43.9 Å². The molecule has 0 saturated heterocycles. The molecular weight excluding hydrogens is 296 g/mol. The van der Waals surface area contributed by atoms with E-state index in [4.69, 9.17) is 0 Å². The fourth-order valence-corrected chi connectivity index (χ4v) is 4.70. The quantitative estimate of drug-likeness (QED) is 0.734. The van der Waals surface area contributed by atoms with Crippen LogP contribution in [0.3, 0.4) is 0 Å². The first-order valence-corrected chi connectivity index (χ1v) is 9.25. The molecule has 1 fully saturated rings. The zero-order valence-electron chi connectivity index (χ0n) is 15.3. The zero-order chi connectivity index (χ0) is 17.4. The molecule has 128 valence electrons. The molecule has 0 aromatic heterocycles. The van der Waals surface area contributed by atoms with Gasteiger partial charge in [-0.3, -0.25) is 9.59 Å². The summed E-state index contributed by atoms with van der Waals surface area (Å²) in [5, 5.41) is 0. The monoisotopic (exact) mass is 324 g/mol. The molecule has 2 aliphatic carbocycles. The lowest BCUT2D eigenvalue weighted by Gasteiger charge is -2.29. The fourth-order valence-electron chi connectivity index (χ4n) is 4.70. The van der Waals surface area contributed by atoms with Crippen molar-refractivity contribution >= 4 is 11.6 Å². The minimum absolute atomic E-state index is 0.0199. The van der Waals surface area contributed by atoms with Crippen LogP contribution in [0.25, 0.3) is 0 Å². The van der Waals surface area contributed by atoms with Crippen LogP contribution < -0.4 is 0 Å². The topological polar surface area (TPSA) is 34.1 Å². The van der Waals surface area contributed by atoms with Gasteiger partial charge in [-0.15, -0.1) is 0 Å². The van der Waals surface area contributed by atoms with Crippen LogP contribution >= 0.6 is 0 Å². The predicted molar refractivity (Wildman–Crippen MR) is 97.2 cm³/mol. The second kappa shape index (κ2) is 6.66. The molecule has 2 aliphatic rings. The number of aryl methyl sites for hydroxylation is 3. The van der Waals surface area contributed by atoms with E-state index in [1.54, 1.807) is 6.08 Å². The van der Waals surface area contributed by atoms with Gasteiger partial charge in [-0.25, -0.2) is 0 Å². The number of ketones is 2. The Kier molecular flexibility index (Phi) is 4.76. The normalized spacial score (nSPS) is 27.5. The molecule has 0 bridgehead atoms. The third-order valence-electron chi connectivity index (χ3n) is 5.98. The Morgan fingerprint density at radius 3 is 2.25 bits per heavy atom. The molecule has 1 aromatic rings. The molecule has 3 unspecified atom stereocenters. The summed E-state index contributed by atoms with van der Waals surface area (Å²) < 4.78 is 0. The van der Waals surface area contributed by atoms with Crippen molar-refractivity contribution in [3.05, 3.63) is 46.0 Å². The molecule has 0 heterocycles. The van der Waals surface area contributed by atoms with Crippen molar-refractivity contribution in [2.24, 2.45) is 11.8 Å². The van der Waals surface area contributed by atoms with E-state index < -0.39 is 5.92 Å². The van der Waals surface area contributed by atoms with Gasteiger partial charge in [0, 0.05) is 5.57 Å². The Labute approximate surface area is 145 Å². The summed E-state index contributed by atoms with van der Waals surface area (Å²) in [6.45, 7) is 8.36. The summed E-state index contributed by atoms with van der Waals surface area (Å²) >= 11 is 0. The van der Waals surface area contributed by atoms with Gasteiger partial charge in [0.2, 0.25) is 0 Å². The summed E-state index contributed by atoms with van der Waals surface area (Å²) in [5.41, 5.74) is 4.98. The molecule has 2 nitrogen and oxygen atoms in total. The largest absolute Gasteiger partial charge is 0.294 e. The molecule has 2 heteroatoms. The van der Waals surface area contributed by atoms with Crippen molar-refractivity contribution in [1.82, 2.24) is 0 Å². The molecule has 0 aliphatic heterocycles. The minimum atomic E-state index is -0.598. The van der Waals surface area contributed by atoms with Gasteiger partial charge >= 0.3 is 0 Å². The maximum absolute atomic E-state index is 13.0. The average molecular weight is 324 g/mol. The van der Waals surface area contributed by atoms with Crippen molar-refractivity contribution in [3.8, 4) is 0 Å². The van der Waals surface area contributed by atoms with Gasteiger partial charge in [0.25, 0.3) is 0 Å². The van der Waals surface area contributed by atoms with Crippen LogP contribution in [0.5, 0.6) is 0 Å². The van der Waals surface area contributed by atoms with E-state index in [1.165, 1.54) is 31.2 Å². The number of benzene rings is 1. The van der Waals surface area contributed by atoms with E-state index in [0.717, 1.165) is 28.7 Å². The first-order valence-electron chi connectivity index (χ1n) is 9.25. The highest BCUT2D eigenvalue weighted by Gasteiger charge is 2.38. The maximum Gasteiger partial charge on any atom is 0.174 e. The fraction of sp³-hybridized carbons (Fsp3) is 0.545. The molecule has 0 spiro atoms. The Bertz CT molecular complexity index is 688. The predicted octanol–water partition coefficient (Wildman–Crippen LogP) is 4.99. The number of allylic oxidation sites excluding steroid dienone is 2. The van der Waals surface area contributed by atoms with Crippen molar-refractivity contribution in [2.75, 3.05) is 0 Å². The van der Waals surface area contributed by atoms with Crippen LogP contribution in [0.4, 0.5) is 0 Å². The van der Waals surface area contributed by atoms with Crippen LogP contribution in [-0.2, 0) is 9.59 Å². The summed E-state index contributed by atoms with van der Waals surface area (Å²) in [5.74, 6) is 0.644. The Morgan fingerprint density at radius 2 is 1.62 bits per heavy atom. The van der Waals surface area contributed by atoms with Crippen LogP contribution in [0.1, 0.15) is 67.2 Å². The Morgan fingerprint density at radius 1 is 1.00 bits per heavy atom. The highest BCUT2D eigenvalue weighted by molar-refractivity contribution is 6.25. The summed E-state index contributed by atoms with van der Waals surface area (Å²) in [4.78, 5) is 25.6. The Balaban J connectivity index is 1.85. The van der Waals surface area contributed by atoms with Crippen molar-refractivity contribution in [3.63, 3.8) is 0 Å². The van der Waals surface area contributed by atoms with Gasteiger partial charge < -0.3 is 0 Å². The van der Waals surface area contributed by atoms with Gasteiger partial charge in [0.05, 0.1) is 0 Å². The molecule has 1 saturated carbocycles. The molecule has 3 rings (SSSR count). The number of carbonyl (C=O) groups is 2. The number of carbonyl (C=O) groups excluding carboxylic acids is 2. The molecule has 1 aromatic carbocycles. The van der Waals surface area contributed by atoms with Crippen molar-refractivity contribution in [2.45, 2.75) is 65.7 Å². The average Bonchev–Trinajstić information content (AvgIpc) is 2.76. The summed E-state index contributed by atoms with van der Waals surface area (Å²) in [6.07, 6.45) is 7.42. The van der Waals surface area contributed by atoms with Crippen LogP contribution in [0.2, 0.25) is 0 Å². The second-order valence-corrected chi connectivity index (χ2v) is 7.91. The summed E-state index contributed by atoms with van der Waals surface area (Å²) in [7, 11) is 0. The van der Waals surface area contributed by atoms with E-state index in [2.05, 4.69) is 26.0 Å². The molecule has 0 N–H and O–H groups in total. The molecular formula is C22H28O2. The van der Waals surface area contributed by atoms with Crippen LogP contribution in [0, 0.1) is 32.6 Å². The smallest absolute Gasteiger partial charge is 0.174 e. The lowest BCUT2D eigenvalue weighted by molar-refractivity contribution is -0.123. The van der Waals surface area contributed by atoms with Gasteiger partial charge in [0.15, 0.2) is 11.6 Å². The van der Waals surface area contributed by atoms with E-state index >= 15 is 0 Å². The van der Waals surface area contributed by atoms with E-state index in [1.807, 2.05) is 13.8 Å². The van der Waals surface area contributed by atoms with Gasteiger partial charge in [0.1, 0.15) is 5.92 Å². The minimum Gasteiger partial charge on any atom is -0.294 e. The third kappa shape index (κ3) is 3.11. The number of hydrogen-bond acceptors (Lipinski definition) is 2. The zero-order valence-corrected chi connectivity index (χ0v) is 15.3. The molecule has 24 heavy (non-hydrogen) atoms. The number of rotatable bonds is 3. The number of hydrogen-bond donors (Lipinski definition) is 0. The number of Topliss-reactive ketones (excluding diaryl/α,β-unsaturated/α-hetero) is 1. The lowest BCUT2D eigenvalue weighted by Crippen LogP contribution is -2.21. The van der Waals surface area contributed by atoms with Crippen LogP contribution in [0.15, 0.2) is 23.8 Å². The van der Waals surface area contributed by atoms with E-state index in [-0.39, 0.29) is 11.6 Å². The van der Waals surface area contributed by atoms with Gasteiger partial charge in [-0.2, -0.15) is 0 Å². The second-order valence-electron chi connectivity index (χ2n) is 7.91. The molecule has 0 radical (unpaired) electrons. The van der Waals surface area contributed by atoms with E-state index in [9.17, 15) is 9.59 Å². The summed E-state index contributed by atoms with van der Waals surface area (Å²) in [6, 6.07) is 4.15. The SMILES string of the molecule is Cc1cc(C)c(C2C(=O)C=C(CC3CCCCC3C)C2=O)c(C)c1. The molecule has 3 atom stereocenters. The first-order chi connectivity index (χ1) is 11.4.